The topological polar surface area (TPSA) is 29.1 Å². The fourth-order valence-electron chi connectivity index (χ4n) is 1.19. The Bertz CT molecular complexity index is 229. The standard InChI is InChI=1S/C14H25NO/c1-4-5-6-7-8-9-10-11-14(16)15-12-13(2)3/h8-11,13H,4-7,12H2,1-3H3,(H,15,16)/b9-8?,11-10+. The molecule has 2 heteroatoms. The molecule has 0 aromatic carbocycles. The van der Waals surface area contributed by atoms with Gasteiger partial charge in [-0.3, -0.25) is 4.79 Å². The smallest absolute Gasteiger partial charge is 0.243 e. The van der Waals surface area contributed by atoms with E-state index < -0.39 is 0 Å². The molecule has 16 heavy (non-hydrogen) atoms. The molecule has 2 nitrogen and oxygen atoms in total. The molecule has 0 aromatic rings. The molecule has 0 bridgehead atoms. The predicted molar refractivity (Wildman–Crippen MR) is 70.3 cm³/mol. The largest absolute Gasteiger partial charge is 0.352 e. The van der Waals surface area contributed by atoms with Crippen molar-refractivity contribution in [3.63, 3.8) is 0 Å². The first-order chi connectivity index (χ1) is 7.66. The SMILES string of the molecule is CCCCCC=C/C=C/C(=O)NCC(C)C. The zero-order valence-electron chi connectivity index (χ0n) is 10.8. The number of carbonyl (C=O) groups is 1. The van der Waals surface area contributed by atoms with Crippen LogP contribution in [0.5, 0.6) is 0 Å². The van der Waals surface area contributed by atoms with Crippen LogP contribution in [0.3, 0.4) is 0 Å². The van der Waals surface area contributed by atoms with Crippen molar-refractivity contribution >= 4 is 5.91 Å². The highest BCUT2D eigenvalue weighted by molar-refractivity contribution is 5.87. The molecule has 0 aliphatic heterocycles. The van der Waals surface area contributed by atoms with Crippen LogP contribution < -0.4 is 5.32 Å². The summed E-state index contributed by atoms with van der Waals surface area (Å²) in [4.78, 5) is 11.3. The molecule has 0 aromatic heterocycles. The lowest BCUT2D eigenvalue weighted by atomic mass is 10.2. The zero-order chi connectivity index (χ0) is 12.2. The van der Waals surface area contributed by atoms with Crippen LogP contribution in [-0.4, -0.2) is 12.5 Å². The first-order valence-corrected chi connectivity index (χ1v) is 6.27. The molecule has 0 radical (unpaired) electrons. The quantitative estimate of drug-likeness (QED) is 0.381. The molecule has 0 heterocycles. The fraction of sp³-hybridized carbons (Fsp3) is 0.643. The second kappa shape index (κ2) is 10.5. The first kappa shape index (κ1) is 14.9. The van der Waals surface area contributed by atoms with E-state index in [1.54, 1.807) is 6.08 Å². The second-order valence-electron chi connectivity index (χ2n) is 4.42. The number of allylic oxidation sites excluding steroid dienone is 3. The summed E-state index contributed by atoms with van der Waals surface area (Å²) >= 11 is 0. The van der Waals surface area contributed by atoms with Gasteiger partial charge in [-0.1, -0.05) is 51.8 Å². The third-order valence-electron chi connectivity index (χ3n) is 2.15. The summed E-state index contributed by atoms with van der Waals surface area (Å²) in [7, 11) is 0. The normalized spacial score (nSPS) is 11.8. The number of unbranched alkanes of at least 4 members (excludes halogenated alkanes) is 3. The van der Waals surface area contributed by atoms with Crippen molar-refractivity contribution in [1.82, 2.24) is 5.32 Å². The van der Waals surface area contributed by atoms with E-state index in [2.05, 4.69) is 32.2 Å². The van der Waals surface area contributed by atoms with E-state index >= 15 is 0 Å². The van der Waals surface area contributed by atoms with E-state index in [0.717, 1.165) is 13.0 Å². The first-order valence-electron chi connectivity index (χ1n) is 6.27. The van der Waals surface area contributed by atoms with Crippen molar-refractivity contribution in [2.75, 3.05) is 6.54 Å². The molecule has 0 rings (SSSR count). The van der Waals surface area contributed by atoms with E-state index in [1.165, 1.54) is 19.3 Å². The van der Waals surface area contributed by atoms with Gasteiger partial charge in [0.25, 0.3) is 0 Å². The third-order valence-corrected chi connectivity index (χ3v) is 2.15. The molecular formula is C14H25NO. The summed E-state index contributed by atoms with van der Waals surface area (Å²) < 4.78 is 0. The van der Waals surface area contributed by atoms with E-state index in [1.807, 2.05) is 12.2 Å². The highest BCUT2D eigenvalue weighted by Crippen LogP contribution is 1.99. The summed E-state index contributed by atoms with van der Waals surface area (Å²) in [5, 5.41) is 2.83. The molecule has 0 saturated carbocycles. The Morgan fingerprint density at radius 2 is 2.00 bits per heavy atom. The van der Waals surface area contributed by atoms with E-state index in [0.29, 0.717) is 5.92 Å². The summed E-state index contributed by atoms with van der Waals surface area (Å²) in [6, 6.07) is 0. The molecule has 0 fully saturated rings. The van der Waals surface area contributed by atoms with Crippen LogP contribution in [0.25, 0.3) is 0 Å². The lowest BCUT2D eigenvalue weighted by Crippen LogP contribution is -2.25. The minimum Gasteiger partial charge on any atom is -0.352 e. The molecule has 0 unspecified atom stereocenters. The predicted octanol–water partition coefficient (Wildman–Crippen LogP) is 3.45. The zero-order valence-corrected chi connectivity index (χ0v) is 10.8. The lowest BCUT2D eigenvalue weighted by molar-refractivity contribution is -0.116. The number of amides is 1. The van der Waals surface area contributed by atoms with Crippen LogP contribution in [0, 0.1) is 5.92 Å². The van der Waals surface area contributed by atoms with Gasteiger partial charge >= 0.3 is 0 Å². The average Bonchev–Trinajstić information content (AvgIpc) is 2.25. The van der Waals surface area contributed by atoms with Crippen LogP contribution in [-0.2, 0) is 4.79 Å². The molecule has 1 amide bonds. The van der Waals surface area contributed by atoms with Gasteiger partial charge in [0.15, 0.2) is 0 Å². The van der Waals surface area contributed by atoms with Crippen molar-refractivity contribution in [1.29, 1.82) is 0 Å². The fourth-order valence-corrected chi connectivity index (χ4v) is 1.19. The van der Waals surface area contributed by atoms with Gasteiger partial charge in [-0.25, -0.2) is 0 Å². The van der Waals surface area contributed by atoms with E-state index in [9.17, 15) is 4.79 Å². The Labute approximate surface area is 99.8 Å². The van der Waals surface area contributed by atoms with Gasteiger partial charge in [0.1, 0.15) is 0 Å². The summed E-state index contributed by atoms with van der Waals surface area (Å²) in [5.41, 5.74) is 0. The van der Waals surface area contributed by atoms with Crippen LogP contribution in [0.1, 0.15) is 46.5 Å². The van der Waals surface area contributed by atoms with Crippen molar-refractivity contribution in [2.24, 2.45) is 5.92 Å². The Morgan fingerprint density at radius 3 is 2.62 bits per heavy atom. The van der Waals surface area contributed by atoms with E-state index in [4.69, 9.17) is 0 Å². The van der Waals surface area contributed by atoms with Gasteiger partial charge < -0.3 is 5.32 Å². The van der Waals surface area contributed by atoms with Crippen molar-refractivity contribution in [3.05, 3.63) is 24.3 Å². The average molecular weight is 223 g/mol. The minimum absolute atomic E-state index is 0.00749. The summed E-state index contributed by atoms with van der Waals surface area (Å²) in [5.74, 6) is 0.494. The minimum atomic E-state index is -0.00749. The van der Waals surface area contributed by atoms with Crippen LogP contribution in [0.4, 0.5) is 0 Å². The maximum Gasteiger partial charge on any atom is 0.243 e. The lowest BCUT2D eigenvalue weighted by Gasteiger charge is -2.03. The van der Waals surface area contributed by atoms with Crippen molar-refractivity contribution in [2.45, 2.75) is 46.5 Å². The van der Waals surface area contributed by atoms with Gasteiger partial charge in [-0.15, -0.1) is 0 Å². The number of rotatable bonds is 8. The van der Waals surface area contributed by atoms with Gasteiger partial charge in [0, 0.05) is 12.6 Å². The molecule has 0 atom stereocenters. The van der Waals surface area contributed by atoms with Gasteiger partial charge in [0.05, 0.1) is 0 Å². The second-order valence-corrected chi connectivity index (χ2v) is 4.42. The van der Waals surface area contributed by atoms with Crippen LogP contribution in [0.15, 0.2) is 24.3 Å². The van der Waals surface area contributed by atoms with Crippen LogP contribution >= 0.6 is 0 Å². The Kier molecular flexibility index (Phi) is 9.78. The Morgan fingerprint density at radius 1 is 1.25 bits per heavy atom. The highest BCUT2D eigenvalue weighted by Gasteiger charge is 1.95. The maximum atomic E-state index is 11.3. The summed E-state index contributed by atoms with van der Waals surface area (Å²) in [6.45, 7) is 7.10. The number of carbonyl (C=O) groups excluding carboxylic acids is 1. The van der Waals surface area contributed by atoms with Gasteiger partial charge in [-0.2, -0.15) is 0 Å². The molecule has 1 N–H and O–H groups in total. The monoisotopic (exact) mass is 223 g/mol. The maximum absolute atomic E-state index is 11.3. The Balaban J connectivity index is 3.54. The molecule has 92 valence electrons. The van der Waals surface area contributed by atoms with Gasteiger partial charge in [-0.05, 0) is 18.8 Å². The highest BCUT2D eigenvalue weighted by atomic mass is 16.1. The number of hydrogen-bond donors (Lipinski definition) is 1. The third kappa shape index (κ3) is 11.0. The molecule has 0 aliphatic carbocycles. The summed E-state index contributed by atoms with van der Waals surface area (Å²) in [6.07, 6.45) is 12.3. The van der Waals surface area contributed by atoms with E-state index in [-0.39, 0.29) is 5.91 Å². The van der Waals surface area contributed by atoms with Crippen molar-refractivity contribution < 1.29 is 4.79 Å². The van der Waals surface area contributed by atoms with Crippen LogP contribution in [0.2, 0.25) is 0 Å². The molecule has 0 saturated heterocycles. The Hall–Kier alpha value is -1.05. The van der Waals surface area contributed by atoms with Crippen molar-refractivity contribution in [3.8, 4) is 0 Å². The van der Waals surface area contributed by atoms with Gasteiger partial charge in [0.2, 0.25) is 5.91 Å². The number of hydrogen-bond acceptors (Lipinski definition) is 1. The number of nitrogens with one attached hydrogen (secondary N) is 1. The molecular weight excluding hydrogens is 198 g/mol. The molecule has 0 spiro atoms. The molecule has 0 aliphatic rings.